The first-order valence-electron chi connectivity index (χ1n) is 14.4. The molecule has 4 rings (SSSR count). The quantitative estimate of drug-likeness (QED) is 0.250. The van der Waals surface area contributed by atoms with Crippen molar-refractivity contribution in [1.82, 2.24) is 9.80 Å². The second kappa shape index (κ2) is 13.6. The van der Waals surface area contributed by atoms with Gasteiger partial charge in [-0.2, -0.15) is 0 Å². The number of nitrogens with one attached hydrogen (secondary N) is 1. The minimum Gasteiger partial charge on any atom is -0.494 e. The number of unbranched alkanes of at least 4 members (excludes halogenated alkanes) is 2. The number of nitrogens with zero attached hydrogens (tertiary/aromatic N) is 3. The molecule has 0 unspecified atom stereocenters. The summed E-state index contributed by atoms with van der Waals surface area (Å²) in [6.07, 6.45) is 2.24. The first-order chi connectivity index (χ1) is 19.7. The van der Waals surface area contributed by atoms with Crippen molar-refractivity contribution in [1.29, 1.82) is 0 Å². The van der Waals surface area contributed by atoms with Crippen molar-refractivity contribution in [3.63, 3.8) is 0 Å². The van der Waals surface area contributed by atoms with Crippen molar-refractivity contribution < 1.29 is 28.7 Å². The van der Waals surface area contributed by atoms with Gasteiger partial charge in [-0.15, -0.1) is 0 Å². The van der Waals surface area contributed by atoms with E-state index in [1.54, 1.807) is 41.3 Å². The molecule has 1 fully saturated rings. The van der Waals surface area contributed by atoms with Crippen molar-refractivity contribution in [2.24, 2.45) is 0 Å². The highest BCUT2D eigenvalue weighted by atomic mass is 16.5. The summed E-state index contributed by atoms with van der Waals surface area (Å²) in [4.78, 5) is 55.9. The molecular formula is C31H40N4O6. The van der Waals surface area contributed by atoms with Gasteiger partial charge in [0.25, 0.3) is 11.8 Å². The van der Waals surface area contributed by atoms with Crippen molar-refractivity contribution in [3.05, 3.63) is 53.6 Å². The van der Waals surface area contributed by atoms with Crippen LogP contribution in [0.3, 0.4) is 0 Å². The van der Waals surface area contributed by atoms with E-state index in [9.17, 15) is 19.2 Å². The molecule has 2 aromatic carbocycles. The summed E-state index contributed by atoms with van der Waals surface area (Å²) in [7, 11) is 0. The number of carbonyl (C=O) groups excluding carboxylic acids is 4. The van der Waals surface area contributed by atoms with Gasteiger partial charge in [0, 0.05) is 37.8 Å². The zero-order valence-corrected chi connectivity index (χ0v) is 24.4. The smallest absolute Gasteiger partial charge is 0.313 e. The second-order valence-corrected chi connectivity index (χ2v) is 10.8. The lowest BCUT2D eigenvalue weighted by Gasteiger charge is -2.32. The van der Waals surface area contributed by atoms with E-state index in [0.29, 0.717) is 68.4 Å². The Morgan fingerprint density at radius 1 is 0.927 bits per heavy atom. The Morgan fingerprint density at radius 3 is 2.17 bits per heavy atom. The van der Waals surface area contributed by atoms with Crippen LogP contribution in [0, 0.1) is 0 Å². The van der Waals surface area contributed by atoms with Crippen molar-refractivity contribution in [2.75, 3.05) is 49.7 Å². The first-order valence-corrected chi connectivity index (χ1v) is 14.4. The Morgan fingerprint density at radius 2 is 1.56 bits per heavy atom. The number of morpholine rings is 1. The van der Waals surface area contributed by atoms with Gasteiger partial charge in [-0.1, -0.05) is 12.1 Å². The van der Waals surface area contributed by atoms with E-state index in [-0.39, 0.29) is 23.9 Å². The summed E-state index contributed by atoms with van der Waals surface area (Å²) in [6.45, 7) is 10.9. The fourth-order valence-electron chi connectivity index (χ4n) is 5.31. The predicted molar refractivity (Wildman–Crippen MR) is 156 cm³/mol. The number of anilines is 2. The molecule has 1 N–H and O–H groups in total. The maximum Gasteiger partial charge on any atom is 0.313 e. The fraction of sp³-hybridized carbons (Fsp3) is 0.484. The molecule has 1 saturated heterocycles. The van der Waals surface area contributed by atoms with Crippen LogP contribution in [0.5, 0.6) is 5.75 Å². The zero-order chi connectivity index (χ0) is 29.5. The lowest BCUT2D eigenvalue weighted by Crippen LogP contribution is -2.47. The van der Waals surface area contributed by atoms with Crippen LogP contribution in [0.1, 0.15) is 67.7 Å². The van der Waals surface area contributed by atoms with Gasteiger partial charge in [0.1, 0.15) is 5.75 Å². The van der Waals surface area contributed by atoms with Gasteiger partial charge in [0.15, 0.2) is 0 Å². The summed E-state index contributed by atoms with van der Waals surface area (Å²) in [6, 6.07) is 12.1. The maximum atomic E-state index is 12.9. The van der Waals surface area contributed by atoms with E-state index in [0.717, 1.165) is 18.5 Å². The normalized spacial score (nSPS) is 15.0. The third-order valence-corrected chi connectivity index (χ3v) is 7.28. The van der Waals surface area contributed by atoms with Gasteiger partial charge >= 0.3 is 11.8 Å². The van der Waals surface area contributed by atoms with Gasteiger partial charge in [0.05, 0.1) is 42.3 Å². The minimum atomic E-state index is -0.673. The van der Waals surface area contributed by atoms with E-state index in [4.69, 9.17) is 9.47 Å². The number of hydrogen-bond acceptors (Lipinski definition) is 7. The van der Waals surface area contributed by atoms with Crippen molar-refractivity contribution >= 4 is 35.0 Å². The van der Waals surface area contributed by atoms with E-state index in [2.05, 4.69) is 10.2 Å². The lowest BCUT2D eigenvalue weighted by molar-refractivity contribution is -0.145. The van der Waals surface area contributed by atoms with Crippen LogP contribution >= 0.6 is 0 Å². The summed E-state index contributed by atoms with van der Waals surface area (Å²) in [5.41, 5.74) is 2.26. The van der Waals surface area contributed by atoms with Crippen LogP contribution in [0.2, 0.25) is 0 Å². The summed E-state index contributed by atoms with van der Waals surface area (Å²) in [5, 5.41) is 2.82. The van der Waals surface area contributed by atoms with Gasteiger partial charge in [-0.05, 0) is 71.2 Å². The average molecular weight is 565 g/mol. The molecule has 0 atom stereocenters. The van der Waals surface area contributed by atoms with Crippen molar-refractivity contribution in [2.45, 2.75) is 59.0 Å². The highest BCUT2D eigenvalue weighted by Gasteiger charge is 2.34. The second-order valence-electron chi connectivity index (χ2n) is 10.8. The Hall–Kier alpha value is -3.92. The molecule has 0 bridgehead atoms. The lowest BCUT2D eigenvalue weighted by atomic mass is 10.1. The van der Waals surface area contributed by atoms with Crippen LogP contribution in [-0.2, 0) is 14.3 Å². The Labute approximate surface area is 241 Å². The number of amides is 4. The number of benzene rings is 2. The molecule has 2 aliphatic heterocycles. The average Bonchev–Trinajstić information content (AvgIpc) is 3.20. The standard InChI is InChI=1S/C31H40N4O6/c1-21(2)35(22(3)4)31(39)28(36)32-26-13-12-23(20-27(26)33-15-18-40-19-16-33)41-17-9-5-8-14-34-29(37)24-10-6-7-11-25(24)30(34)38/h6-7,10-13,20-22H,5,8-9,14-19H2,1-4H3,(H,32,36). The third-order valence-electron chi connectivity index (χ3n) is 7.28. The van der Waals surface area contributed by atoms with Crippen molar-refractivity contribution in [3.8, 4) is 5.75 Å². The number of imide groups is 1. The summed E-state index contributed by atoms with van der Waals surface area (Å²) in [5.74, 6) is -1.04. The number of ether oxygens (including phenoxy) is 2. The molecule has 0 aromatic heterocycles. The fourth-order valence-corrected chi connectivity index (χ4v) is 5.31. The summed E-state index contributed by atoms with van der Waals surface area (Å²) >= 11 is 0. The van der Waals surface area contributed by atoms with Crippen LogP contribution in [0.25, 0.3) is 0 Å². The highest BCUT2D eigenvalue weighted by molar-refractivity contribution is 6.40. The van der Waals surface area contributed by atoms with E-state index in [1.165, 1.54) is 4.90 Å². The molecular weight excluding hydrogens is 524 g/mol. The molecule has 41 heavy (non-hydrogen) atoms. The Bertz CT molecular complexity index is 1230. The molecule has 0 aliphatic carbocycles. The van der Waals surface area contributed by atoms with Gasteiger partial charge < -0.3 is 24.6 Å². The van der Waals surface area contributed by atoms with Crippen LogP contribution in [-0.4, -0.2) is 85.0 Å². The van der Waals surface area contributed by atoms with Gasteiger partial charge in [0.2, 0.25) is 0 Å². The minimum absolute atomic E-state index is 0.102. The maximum absolute atomic E-state index is 12.9. The van der Waals surface area contributed by atoms with Crippen LogP contribution in [0.4, 0.5) is 11.4 Å². The zero-order valence-electron chi connectivity index (χ0n) is 24.4. The van der Waals surface area contributed by atoms with Gasteiger partial charge in [-0.25, -0.2) is 0 Å². The number of fused-ring (bicyclic) bond motifs is 1. The Balaban J connectivity index is 1.32. The Kier molecular flexibility index (Phi) is 9.99. The number of rotatable bonds is 11. The molecule has 10 heteroatoms. The third kappa shape index (κ3) is 7.05. The van der Waals surface area contributed by atoms with Gasteiger partial charge in [-0.3, -0.25) is 24.1 Å². The first kappa shape index (κ1) is 30.0. The topological polar surface area (TPSA) is 108 Å². The molecule has 2 heterocycles. The molecule has 0 saturated carbocycles. The molecule has 4 amide bonds. The van der Waals surface area contributed by atoms with E-state index < -0.39 is 11.8 Å². The number of carbonyl (C=O) groups is 4. The molecule has 2 aromatic rings. The SMILES string of the molecule is CC(C)N(C(=O)C(=O)Nc1ccc(OCCCCCN2C(=O)c3ccccc3C2=O)cc1N1CCOCC1)C(C)C. The van der Waals surface area contributed by atoms with Crippen LogP contribution in [0.15, 0.2) is 42.5 Å². The van der Waals surface area contributed by atoms with Crippen LogP contribution < -0.4 is 15.0 Å². The molecule has 2 aliphatic rings. The van der Waals surface area contributed by atoms with E-state index in [1.807, 2.05) is 33.8 Å². The summed E-state index contributed by atoms with van der Waals surface area (Å²) < 4.78 is 11.5. The molecule has 0 spiro atoms. The molecule has 10 nitrogen and oxygen atoms in total. The highest BCUT2D eigenvalue weighted by Crippen LogP contribution is 2.32. The largest absolute Gasteiger partial charge is 0.494 e. The molecule has 0 radical (unpaired) electrons. The van der Waals surface area contributed by atoms with E-state index >= 15 is 0 Å². The predicted octanol–water partition coefficient (Wildman–Crippen LogP) is 3.95. The monoisotopic (exact) mass is 564 g/mol. The number of hydrogen-bond donors (Lipinski definition) is 1. The molecule has 220 valence electrons.